The molecule has 1 nitrogen and oxygen atoms in total. The molecule has 0 saturated carbocycles. The van der Waals surface area contributed by atoms with Crippen LogP contribution in [0.4, 0.5) is 0 Å². The fraction of sp³-hybridized carbons (Fsp3) is 0.375. The van der Waals surface area contributed by atoms with Crippen LogP contribution >= 0.6 is 0 Å². The van der Waals surface area contributed by atoms with Crippen LogP contribution in [0.3, 0.4) is 0 Å². The average molecular weight is 119 g/mol. The van der Waals surface area contributed by atoms with Crippen molar-refractivity contribution in [2.45, 2.75) is 19.3 Å². The number of allylic oxidation sites excluding steroid dienone is 1. The highest BCUT2D eigenvalue weighted by atomic mass is 14.2. The van der Waals surface area contributed by atoms with Gasteiger partial charge in [-0.3, -0.25) is 0 Å². The lowest BCUT2D eigenvalue weighted by atomic mass is 10.2. The highest BCUT2D eigenvalue weighted by molar-refractivity contribution is 5.11. The molecule has 0 fully saturated rings. The first-order valence-corrected chi connectivity index (χ1v) is 2.88. The Balaban J connectivity index is 3.11. The van der Waals surface area contributed by atoms with E-state index in [1.807, 2.05) is 0 Å². The SMILES string of the molecule is C=CC#CCCCC#N. The molecular weight excluding hydrogens is 110 g/mol. The van der Waals surface area contributed by atoms with Gasteiger partial charge in [0.1, 0.15) is 0 Å². The summed E-state index contributed by atoms with van der Waals surface area (Å²) in [5.74, 6) is 5.56. The van der Waals surface area contributed by atoms with Crippen LogP contribution in [0.25, 0.3) is 0 Å². The molecule has 0 N–H and O–H groups in total. The van der Waals surface area contributed by atoms with Crippen molar-refractivity contribution in [3.63, 3.8) is 0 Å². The van der Waals surface area contributed by atoms with Crippen LogP contribution in [0.15, 0.2) is 12.7 Å². The first-order valence-electron chi connectivity index (χ1n) is 2.88. The van der Waals surface area contributed by atoms with Crippen LogP contribution in [-0.2, 0) is 0 Å². The van der Waals surface area contributed by atoms with Crippen LogP contribution in [0.5, 0.6) is 0 Å². The van der Waals surface area contributed by atoms with E-state index in [-0.39, 0.29) is 0 Å². The first-order chi connectivity index (χ1) is 4.41. The predicted molar refractivity (Wildman–Crippen MR) is 37.4 cm³/mol. The minimum absolute atomic E-state index is 0.603. The van der Waals surface area contributed by atoms with Gasteiger partial charge in [0.25, 0.3) is 0 Å². The molecule has 0 aromatic rings. The molecule has 0 radical (unpaired) electrons. The zero-order chi connectivity index (χ0) is 6.95. The van der Waals surface area contributed by atoms with Gasteiger partial charge in [-0.25, -0.2) is 0 Å². The Kier molecular flexibility index (Phi) is 5.88. The standard InChI is InChI=1S/C8H9N/c1-2-3-4-5-6-7-8-9/h2H,1,5-7H2. The summed E-state index contributed by atoms with van der Waals surface area (Å²) in [5, 5.41) is 8.10. The summed E-state index contributed by atoms with van der Waals surface area (Å²) >= 11 is 0. The van der Waals surface area contributed by atoms with Gasteiger partial charge in [-0.1, -0.05) is 18.4 Å². The van der Waals surface area contributed by atoms with Crippen LogP contribution in [0, 0.1) is 23.2 Å². The molecule has 0 aliphatic rings. The topological polar surface area (TPSA) is 23.8 Å². The van der Waals surface area contributed by atoms with Crippen LogP contribution in [0.2, 0.25) is 0 Å². The van der Waals surface area contributed by atoms with Crippen molar-refractivity contribution in [1.82, 2.24) is 0 Å². The van der Waals surface area contributed by atoms with Crippen LogP contribution < -0.4 is 0 Å². The van der Waals surface area contributed by atoms with Gasteiger partial charge in [0.15, 0.2) is 0 Å². The van der Waals surface area contributed by atoms with Gasteiger partial charge >= 0.3 is 0 Å². The lowest BCUT2D eigenvalue weighted by molar-refractivity contribution is 0.894. The second-order valence-electron chi connectivity index (χ2n) is 1.54. The third-order valence-corrected chi connectivity index (χ3v) is 0.794. The molecule has 0 aliphatic heterocycles. The van der Waals surface area contributed by atoms with E-state index >= 15 is 0 Å². The molecule has 0 aromatic heterocycles. The minimum atomic E-state index is 0.603. The van der Waals surface area contributed by atoms with Gasteiger partial charge in [0.2, 0.25) is 0 Å². The maximum Gasteiger partial charge on any atom is 0.0622 e. The van der Waals surface area contributed by atoms with Crippen molar-refractivity contribution in [2.75, 3.05) is 0 Å². The summed E-state index contributed by atoms with van der Waals surface area (Å²) in [6.07, 6.45) is 3.84. The van der Waals surface area contributed by atoms with E-state index < -0.39 is 0 Å². The van der Waals surface area contributed by atoms with Crippen molar-refractivity contribution >= 4 is 0 Å². The Hall–Kier alpha value is -1.21. The molecule has 0 atom stereocenters. The third kappa shape index (κ3) is 6.79. The van der Waals surface area contributed by atoms with E-state index in [9.17, 15) is 0 Å². The zero-order valence-electron chi connectivity index (χ0n) is 5.35. The molecule has 0 unspecified atom stereocenters. The summed E-state index contributed by atoms with van der Waals surface area (Å²) in [6, 6.07) is 2.05. The third-order valence-electron chi connectivity index (χ3n) is 0.794. The van der Waals surface area contributed by atoms with Crippen molar-refractivity contribution in [2.24, 2.45) is 0 Å². The first kappa shape index (κ1) is 7.79. The Morgan fingerprint density at radius 2 is 2.22 bits per heavy atom. The van der Waals surface area contributed by atoms with Crippen LogP contribution in [-0.4, -0.2) is 0 Å². The molecule has 1 heteroatoms. The molecule has 0 heterocycles. The highest BCUT2D eigenvalue weighted by Crippen LogP contribution is 1.89. The quantitative estimate of drug-likeness (QED) is 0.402. The monoisotopic (exact) mass is 119 g/mol. The van der Waals surface area contributed by atoms with E-state index in [1.54, 1.807) is 6.08 Å². The molecule has 0 rings (SSSR count). The molecule has 0 amide bonds. The highest BCUT2D eigenvalue weighted by Gasteiger charge is 1.78. The number of hydrogen-bond acceptors (Lipinski definition) is 1. The van der Waals surface area contributed by atoms with Crippen molar-refractivity contribution < 1.29 is 0 Å². The van der Waals surface area contributed by atoms with Gasteiger partial charge in [0, 0.05) is 12.8 Å². The second-order valence-corrected chi connectivity index (χ2v) is 1.54. The molecule has 9 heavy (non-hydrogen) atoms. The van der Waals surface area contributed by atoms with Gasteiger partial charge < -0.3 is 0 Å². The molecule has 0 aromatic carbocycles. The predicted octanol–water partition coefficient (Wildman–Crippen LogP) is 1.87. The van der Waals surface area contributed by atoms with E-state index in [0.29, 0.717) is 6.42 Å². The van der Waals surface area contributed by atoms with Crippen molar-refractivity contribution in [1.29, 1.82) is 5.26 Å². The van der Waals surface area contributed by atoms with E-state index in [0.717, 1.165) is 12.8 Å². The maximum absolute atomic E-state index is 8.10. The minimum Gasteiger partial charge on any atom is -0.198 e. The molecular formula is C8H9N. The zero-order valence-corrected chi connectivity index (χ0v) is 5.35. The number of nitrogens with zero attached hydrogens (tertiary/aromatic N) is 1. The Labute approximate surface area is 56.0 Å². The van der Waals surface area contributed by atoms with Gasteiger partial charge in [-0.2, -0.15) is 5.26 Å². The largest absolute Gasteiger partial charge is 0.198 e. The van der Waals surface area contributed by atoms with Crippen molar-refractivity contribution in [3.05, 3.63) is 12.7 Å². The Bertz CT molecular complexity index is 163. The summed E-state index contributed by atoms with van der Waals surface area (Å²) in [6.45, 7) is 3.44. The molecule has 0 spiro atoms. The van der Waals surface area contributed by atoms with Crippen LogP contribution in [0.1, 0.15) is 19.3 Å². The van der Waals surface area contributed by atoms with E-state index in [4.69, 9.17) is 5.26 Å². The molecule has 46 valence electrons. The molecule has 0 aliphatic carbocycles. The number of hydrogen-bond donors (Lipinski definition) is 0. The fourth-order valence-electron chi connectivity index (χ4n) is 0.400. The van der Waals surface area contributed by atoms with E-state index in [1.165, 1.54) is 0 Å². The average Bonchev–Trinajstić information content (AvgIpc) is 1.89. The number of nitriles is 1. The molecule has 0 saturated heterocycles. The lowest BCUT2D eigenvalue weighted by Crippen LogP contribution is -1.67. The summed E-state index contributed by atoms with van der Waals surface area (Å²) in [7, 11) is 0. The van der Waals surface area contributed by atoms with E-state index in [2.05, 4.69) is 24.5 Å². The Morgan fingerprint density at radius 3 is 2.78 bits per heavy atom. The lowest BCUT2D eigenvalue weighted by Gasteiger charge is -1.79. The fourth-order valence-corrected chi connectivity index (χ4v) is 0.400. The van der Waals surface area contributed by atoms with Crippen molar-refractivity contribution in [3.8, 4) is 17.9 Å². The van der Waals surface area contributed by atoms with Gasteiger partial charge in [-0.05, 0) is 12.5 Å². The number of rotatable bonds is 2. The molecule has 0 bridgehead atoms. The van der Waals surface area contributed by atoms with Gasteiger partial charge in [-0.15, -0.1) is 0 Å². The number of unbranched alkanes of at least 4 members (excludes halogenated alkanes) is 2. The summed E-state index contributed by atoms with van der Waals surface area (Å²) in [5.41, 5.74) is 0. The Morgan fingerprint density at radius 1 is 1.44 bits per heavy atom. The second kappa shape index (κ2) is 6.79. The maximum atomic E-state index is 8.10. The normalized spacial score (nSPS) is 6.56. The summed E-state index contributed by atoms with van der Waals surface area (Å²) < 4.78 is 0. The smallest absolute Gasteiger partial charge is 0.0622 e. The summed E-state index contributed by atoms with van der Waals surface area (Å²) in [4.78, 5) is 0. The van der Waals surface area contributed by atoms with Gasteiger partial charge in [0.05, 0.1) is 6.07 Å².